The van der Waals surface area contributed by atoms with Crippen molar-refractivity contribution in [3.63, 3.8) is 0 Å². The summed E-state index contributed by atoms with van der Waals surface area (Å²) < 4.78 is 5.47. The number of benzene rings is 1. The Morgan fingerprint density at radius 1 is 1.30 bits per heavy atom. The third-order valence-corrected chi connectivity index (χ3v) is 4.63. The van der Waals surface area contributed by atoms with Gasteiger partial charge in [-0.3, -0.25) is 0 Å². The van der Waals surface area contributed by atoms with Crippen LogP contribution in [0.3, 0.4) is 0 Å². The average Bonchev–Trinajstić information content (AvgIpc) is 3.06. The van der Waals surface area contributed by atoms with Crippen molar-refractivity contribution in [3.8, 4) is 0 Å². The first-order valence-electron chi connectivity index (χ1n) is 8.43. The summed E-state index contributed by atoms with van der Waals surface area (Å²) in [4.78, 5) is 12.2. The molecule has 0 saturated heterocycles. The van der Waals surface area contributed by atoms with Gasteiger partial charge in [0, 0.05) is 24.4 Å². The maximum atomic E-state index is 12.2. The van der Waals surface area contributed by atoms with E-state index in [9.17, 15) is 4.79 Å². The van der Waals surface area contributed by atoms with Gasteiger partial charge in [0.1, 0.15) is 5.76 Å². The van der Waals surface area contributed by atoms with E-state index < -0.39 is 0 Å². The summed E-state index contributed by atoms with van der Waals surface area (Å²) in [5, 5.41) is 6.10. The minimum Gasteiger partial charge on any atom is -0.469 e. The Bertz CT molecular complexity index is 636. The summed E-state index contributed by atoms with van der Waals surface area (Å²) in [6.45, 7) is 2.80. The molecule has 23 heavy (non-hydrogen) atoms. The summed E-state index contributed by atoms with van der Waals surface area (Å²) in [6.07, 6.45) is 5.70. The first-order chi connectivity index (χ1) is 11.3. The fourth-order valence-corrected chi connectivity index (χ4v) is 3.28. The Kier molecular flexibility index (Phi) is 5.01. The second kappa shape index (κ2) is 7.36. The molecule has 2 unspecified atom stereocenters. The molecule has 1 heterocycles. The summed E-state index contributed by atoms with van der Waals surface area (Å²) in [5.41, 5.74) is 2.39. The molecule has 0 saturated carbocycles. The van der Waals surface area contributed by atoms with E-state index in [-0.39, 0.29) is 12.1 Å². The number of fused-ring (bicyclic) bond motifs is 1. The van der Waals surface area contributed by atoms with Crippen LogP contribution in [0.1, 0.15) is 55.0 Å². The minimum absolute atomic E-state index is 0.0642. The van der Waals surface area contributed by atoms with Gasteiger partial charge in [-0.2, -0.15) is 0 Å². The lowest BCUT2D eigenvalue weighted by atomic mass is 9.93. The smallest absolute Gasteiger partial charge is 0.315 e. The molecular weight excluding hydrogens is 288 g/mol. The van der Waals surface area contributed by atoms with Gasteiger partial charge in [0.15, 0.2) is 0 Å². The van der Waals surface area contributed by atoms with E-state index in [2.05, 4.69) is 29.7 Å². The van der Waals surface area contributed by atoms with E-state index in [1.54, 1.807) is 6.26 Å². The standard InChI is InChI=1S/C19H24N2O2/c1-2-14(15-7-4-3-5-8-15)13-20-19(22)21-17-9-6-10-18-16(17)11-12-23-18/h3-5,7-8,11-12,14,17H,2,6,9-10,13H2,1H3,(H2,20,21,22). The topological polar surface area (TPSA) is 54.3 Å². The zero-order chi connectivity index (χ0) is 16.1. The molecule has 0 aliphatic heterocycles. The van der Waals surface area contributed by atoms with Gasteiger partial charge in [-0.15, -0.1) is 0 Å². The second-order valence-electron chi connectivity index (χ2n) is 6.11. The van der Waals surface area contributed by atoms with Crippen LogP contribution in [0.25, 0.3) is 0 Å². The molecule has 0 bridgehead atoms. The predicted octanol–water partition coefficient (Wildman–Crippen LogP) is 4.15. The highest BCUT2D eigenvalue weighted by molar-refractivity contribution is 5.74. The molecule has 0 fully saturated rings. The molecule has 2 atom stereocenters. The number of carbonyl (C=O) groups excluding carboxylic acids is 1. The van der Waals surface area contributed by atoms with Gasteiger partial charge in [0.25, 0.3) is 0 Å². The van der Waals surface area contributed by atoms with Crippen LogP contribution in [0, 0.1) is 0 Å². The summed E-state index contributed by atoms with van der Waals surface area (Å²) in [7, 11) is 0. The second-order valence-corrected chi connectivity index (χ2v) is 6.11. The highest BCUT2D eigenvalue weighted by Gasteiger charge is 2.24. The molecule has 4 nitrogen and oxygen atoms in total. The minimum atomic E-state index is -0.0987. The molecular formula is C19H24N2O2. The molecule has 2 amide bonds. The first-order valence-corrected chi connectivity index (χ1v) is 8.43. The quantitative estimate of drug-likeness (QED) is 0.871. The van der Waals surface area contributed by atoms with Gasteiger partial charge >= 0.3 is 6.03 Å². The van der Waals surface area contributed by atoms with Crippen LogP contribution >= 0.6 is 0 Å². The van der Waals surface area contributed by atoms with E-state index in [0.29, 0.717) is 12.5 Å². The van der Waals surface area contributed by atoms with E-state index in [0.717, 1.165) is 37.0 Å². The average molecular weight is 312 g/mol. The number of aryl methyl sites for hydroxylation is 1. The lowest BCUT2D eigenvalue weighted by molar-refractivity contribution is 0.234. The molecule has 1 aliphatic carbocycles. The molecule has 4 heteroatoms. The Morgan fingerprint density at radius 2 is 2.13 bits per heavy atom. The summed E-state index contributed by atoms with van der Waals surface area (Å²) in [5.74, 6) is 1.36. The number of hydrogen-bond acceptors (Lipinski definition) is 2. The lowest BCUT2D eigenvalue weighted by Gasteiger charge is -2.23. The number of furan rings is 1. The summed E-state index contributed by atoms with van der Waals surface area (Å²) in [6, 6.07) is 12.3. The maximum Gasteiger partial charge on any atom is 0.315 e. The van der Waals surface area contributed by atoms with Gasteiger partial charge in [-0.25, -0.2) is 4.79 Å². The molecule has 1 aromatic heterocycles. The monoisotopic (exact) mass is 312 g/mol. The highest BCUT2D eigenvalue weighted by atomic mass is 16.3. The van der Waals surface area contributed by atoms with Crippen molar-refractivity contribution >= 4 is 6.03 Å². The van der Waals surface area contributed by atoms with E-state index >= 15 is 0 Å². The molecule has 2 aromatic rings. The summed E-state index contributed by atoms with van der Waals surface area (Å²) >= 11 is 0. The van der Waals surface area contributed by atoms with Crippen LogP contribution in [-0.2, 0) is 6.42 Å². The van der Waals surface area contributed by atoms with Crippen molar-refractivity contribution in [3.05, 3.63) is 59.5 Å². The Hall–Kier alpha value is -2.23. The zero-order valence-corrected chi connectivity index (χ0v) is 13.5. The SMILES string of the molecule is CCC(CNC(=O)NC1CCCc2occc21)c1ccccc1. The van der Waals surface area contributed by atoms with Crippen molar-refractivity contribution in [2.75, 3.05) is 6.54 Å². The molecule has 0 spiro atoms. The van der Waals surface area contributed by atoms with Gasteiger partial charge in [0.05, 0.1) is 12.3 Å². The van der Waals surface area contributed by atoms with Crippen molar-refractivity contribution in [1.29, 1.82) is 0 Å². The zero-order valence-electron chi connectivity index (χ0n) is 13.5. The van der Waals surface area contributed by atoms with Crippen LogP contribution < -0.4 is 10.6 Å². The highest BCUT2D eigenvalue weighted by Crippen LogP contribution is 2.30. The van der Waals surface area contributed by atoms with Crippen molar-refractivity contribution in [1.82, 2.24) is 10.6 Å². The molecule has 122 valence electrons. The van der Waals surface area contributed by atoms with E-state index in [1.807, 2.05) is 24.3 Å². The number of carbonyl (C=O) groups is 1. The maximum absolute atomic E-state index is 12.2. The van der Waals surface area contributed by atoms with Gasteiger partial charge in [-0.1, -0.05) is 37.3 Å². The van der Waals surface area contributed by atoms with Crippen molar-refractivity contribution < 1.29 is 9.21 Å². The molecule has 0 radical (unpaired) electrons. The lowest BCUT2D eigenvalue weighted by Crippen LogP contribution is -2.40. The van der Waals surface area contributed by atoms with Gasteiger partial charge < -0.3 is 15.1 Å². The fraction of sp³-hybridized carbons (Fsp3) is 0.421. The van der Waals surface area contributed by atoms with Crippen LogP contribution in [0.2, 0.25) is 0 Å². The first kappa shape index (κ1) is 15.7. The van der Waals surface area contributed by atoms with E-state index in [1.165, 1.54) is 5.56 Å². The van der Waals surface area contributed by atoms with Crippen molar-refractivity contribution in [2.45, 2.75) is 44.6 Å². The molecule has 2 N–H and O–H groups in total. The van der Waals surface area contributed by atoms with Crippen LogP contribution in [0.5, 0.6) is 0 Å². The van der Waals surface area contributed by atoms with Gasteiger partial charge in [0.2, 0.25) is 0 Å². The Labute approximate surface area is 137 Å². The largest absolute Gasteiger partial charge is 0.469 e. The Morgan fingerprint density at radius 3 is 2.91 bits per heavy atom. The van der Waals surface area contributed by atoms with Gasteiger partial charge in [-0.05, 0) is 30.9 Å². The number of urea groups is 1. The predicted molar refractivity (Wildman–Crippen MR) is 90.4 cm³/mol. The van der Waals surface area contributed by atoms with Crippen molar-refractivity contribution in [2.24, 2.45) is 0 Å². The Balaban J connectivity index is 1.54. The third kappa shape index (κ3) is 3.76. The number of hydrogen-bond donors (Lipinski definition) is 2. The fourth-order valence-electron chi connectivity index (χ4n) is 3.28. The number of rotatable bonds is 5. The molecule has 1 aliphatic rings. The normalized spacial score (nSPS) is 18.0. The molecule has 1 aromatic carbocycles. The third-order valence-electron chi connectivity index (χ3n) is 4.63. The number of nitrogens with one attached hydrogen (secondary N) is 2. The van der Waals surface area contributed by atoms with Crippen LogP contribution in [-0.4, -0.2) is 12.6 Å². The van der Waals surface area contributed by atoms with Crippen LogP contribution in [0.15, 0.2) is 47.1 Å². The van der Waals surface area contributed by atoms with Crippen LogP contribution in [0.4, 0.5) is 4.79 Å². The molecule has 3 rings (SSSR count). The van der Waals surface area contributed by atoms with E-state index in [4.69, 9.17) is 4.42 Å². The number of amides is 2.